The molecule has 1 rings (SSSR count). The van der Waals surface area contributed by atoms with Gasteiger partial charge in [0, 0.05) is 19.7 Å². The molecule has 4 heteroatoms. The van der Waals surface area contributed by atoms with Crippen molar-refractivity contribution < 1.29 is 0 Å². The summed E-state index contributed by atoms with van der Waals surface area (Å²) in [6.45, 7) is 8.71. The predicted molar refractivity (Wildman–Crippen MR) is 77.5 cm³/mol. The highest BCUT2D eigenvalue weighted by atomic mass is 15.3. The lowest BCUT2D eigenvalue weighted by atomic mass is 9.76. The first-order valence-electron chi connectivity index (χ1n) is 6.87. The molecule has 1 aromatic heterocycles. The minimum absolute atomic E-state index is 0.353. The van der Waals surface area contributed by atoms with Gasteiger partial charge in [-0.05, 0) is 37.1 Å². The van der Waals surface area contributed by atoms with Crippen LogP contribution in [0.4, 0.5) is 5.82 Å². The van der Waals surface area contributed by atoms with E-state index in [9.17, 15) is 0 Å². The van der Waals surface area contributed by atoms with Gasteiger partial charge in [-0.3, -0.25) is 4.68 Å². The summed E-state index contributed by atoms with van der Waals surface area (Å²) in [5, 5.41) is 7.55. The van der Waals surface area contributed by atoms with Gasteiger partial charge in [0.05, 0.1) is 6.20 Å². The van der Waals surface area contributed by atoms with Crippen LogP contribution in [-0.2, 0) is 7.05 Å². The maximum absolute atomic E-state index is 5.70. The van der Waals surface area contributed by atoms with Crippen molar-refractivity contribution in [1.82, 2.24) is 9.78 Å². The van der Waals surface area contributed by atoms with Crippen molar-refractivity contribution in [3.05, 3.63) is 12.3 Å². The summed E-state index contributed by atoms with van der Waals surface area (Å²) in [7, 11) is 1.95. The second kappa shape index (κ2) is 6.78. The number of aryl methyl sites for hydroxylation is 1. The Morgan fingerprint density at radius 1 is 1.39 bits per heavy atom. The number of anilines is 1. The molecule has 0 aliphatic carbocycles. The van der Waals surface area contributed by atoms with Gasteiger partial charge in [0.25, 0.3) is 0 Å². The lowest BCUT2D eigenvalue weighted by Gasteiger charge is -2.30. The molecular formula is C14H28N4. The van der Waals surface area contributed by atoms with Crippen molar-refractivity contribution in [2.24, 2.45) is 24.1 Å². The molecule has 0 saturated heterocycles. The van der Waals surface area contributed by atoms with Crippen LogP contribution in [-0.4, -0.2) is 22.9 Å². The Balaban J connectivity index is 2.29. The van der Waals surface area contributed by atoms with Gasteiger partial charge in [0.2, 0.25) is 0 Å². The molecule has 0 saturated carbocycles. The first-order valence-corrected chi connectivity index (χ1v) is 6.87. The molecule has 0 aromatic carbocycles. The quantitative estimate of drug-likeness (QED) is 0.733. The van der Waals surface area contributed by atoms with Gasteiger partial charge in [0.15, 0.2) is 0 Å². The predicted octanol–water partition coefficient (Wildman–Crippen LogP) is 2.62. The van der Waals surface area contributed by atoms with Crippen LogP contribution in [0.5, 0.6) is 0 Å². The molecule has 1 unspecified atom stereocenters. The first kappa shape index (κ1) is 15.0. The maximum atomic E-state index is 5.70. The number of aromatic nitrogens is 2. The molecule has 0 spiro atoms. The van der Waals surface area contributed by atoms with E-state index < -0.39 is 0 Å². The third-order valence-corrected chi connectivity index (χ3v) is 3.60. The molecule has 0 aliphatic heterocycles. The Hall–Kier alpha value is -1.03. The van der Waals surface area contributed by atoms with Crippen LogP contribution in [0.2, 0.25) is 0 Å². The van der Waals surface area contributed by atoms with Crippen molar-refractivity contribution in [2.45, 2.75) is 40.0 Å². The summed E-state index contributed by atoms with van der Waals surface area (Å²) in [5.41, 5.74) is 6.05. The summed E-state index contributed by atoms with van der Waals surface area (Å²) in [6, 6.07) is 2.00. The van der Waals surface area contributed by atoms with E-state index in [4.69, 9.17) is 5.73 Å². The second-order valence-electron chi connectivity index (χ2n) is 6.05. The van der Waals surface area contributed by atoms with E-state index in [0.717, 1.165) is 25.3 Å². The number of nitrogens with one attached hydrogen (secondary N) is 1. The molecule has 104 valence electrons. The van der Waals surface area contributed by atoms with Gasteiger partial charge in [0.1, 0.15) is 5.82 Å². The lowest BCUT2D eigenvalue weighted by Crippen LogP contribution is -2.24. The molecule has 1 heterocycles. The van der Waals surface area contributed by atoms with Gasteiger partial charge in [-0.2, -0.15) is 5.10 Å². The highest BCUT2D eigenvalue weighted by Crippen LogP contribution is 2.31. The molecule has 1 aromatic rings. The Morgan fingerprint density at radius 2 is 2.11 bits per heavy atom. The fourth-order valence-electron chi connectivity index (χ4n) is 2.32. The summed E-state index contributed by atoms with van der Waals surface area (Å²) in [6.07, 6.45) is 5.34. The van der Waals surface area contributed by atoms with Gasteiger partial charge in [-0.25, -0.2) is 0 Å². The highest BCUT2D eigenvalue weighted by Gasteiger charge is 2.23. The molecule has 0 fully saturated rings. The Labute approximate surface area is 111 Å². The molecule has 0 amide bonds. The van der Waals surface area contributed by atoms with E-state index in [0.29, 0.717) is 11.3 Å². The summed E-state index contributed by atoms with van der Waals surface area (Å²) < 4.78 is 1.86. The number of hydrogen-bond acceptors (Lipinski definition) is 3. The molecule has 0 bridgehead atoms. The SMILES string of the molecule is Cn1nccc1NCCCC(CCN)C(C)(C)C. The minimum atomic E-state index is 0.353. The van der Waals surface area contributed by atoms with Crippen molar-refractivity contribution in [3.8, 4) is 0 Å². The fourth-order valence-corrected chi connectivity index (χ4v) is 2.32. The van der Waals surface area contributed by atoms with Gasteiger partial charge in [-0.15, -0.1) is 0 Å². The van der Waals surface area contributed by atoms with Crippen LogP contribution in [0, 0.1) is 11.3 Å². The van der Waals surface area contributed by atoms with Crippen molar-refractivity contribution >= 4 is 5.82 Å². The van der Waals surface area contributed by atoms with Crippen molar-refractivity contribution in [1.29, 1.82) is 0 Å². The minimum Gasteiger partial charge on any atom is -0.370 e. The average Bonchev–Trinajstić information content (AvgIpc) is 2.67. The molecule has 0 radical (unpaired) electrons. The average molecular weight is 252 g/mol. The largest absolute Gasteiger partial charge is 0.370 e. The van der Waals surface area contributed by atoms with E-state index in [-0.39, 0.29) is 0 Å². The van der Waals surface area contributed by atoms with Crippen LogP contribution in [0.1, 0.15) is 40.0 Å². The Morgan fingerprint density at radius 3 is 2.61 bits per heavy atom. The number of nitrogens with two attached hydrogens (primary N) is 1. The van der Waals surface area contributed by atoms with Crippen LogP contribution in [0.3, 0.4) is 0 Å². The molecule has 0 aliphatic rings. The Kier molecular flexibility index (Phi) is 5.66. The van der Waals surface area contributed by atoms with Crippen LogP contribution < -0.4 is 11.1 Å². The summed E-state index contributed by atoms with van der Waals surface area (Å²) in [5.74, 6) is 1.79. The van der Waals surface area contributed by atoms with Gasteiger partial charge in [-0.1, -0.05) is 20.8 Å². The second-order valence-corrected chi connectivity index (χ2v) is 6.05. The third kappa shape index (κ3) is 4.69. The fraction of sp³-hybridized carbons (Fsp3) is 0.786. The summed E-state index contributed by atoms with van der Waals surface area (Å²) >= 11 is 0. The van der Waals surface area contributed by atoms with E-state index in [1.807, 2.05) is 24.0 Å². The maximum Gasteiger partial charge on any atom is 0.123 e. The molecule has 4 nitrogen and oxygen atoms in total. The van der Waals surface area contributed by atoms with E-state index >= 15 is 0 Å². The van der Waals surface area contributed by atoms with Gasteiger partial charge < -0.3 is 11.1 Å². The third-order valence-electron chi connectivity index (χ3n) is 3.60. The van der Waals surface area contributed by atoms with Crippen molar-refractivity contribution in [3.63, 3.8) is 0 Å². The van der Waals surface area contributed by atoms with E-state index in [1.165, 1.54) is 12.8 Å². The smallest absolute Gasteiger partial charge is 0.123 e. The topological polar surface area (TPSA) is 55.9 Å². The Bertz CT molecular complexity index is 338. The summed E-state index contributed by atoms with van der Waals surface area (Å²) in [4.78, 5) is 0. The van der Waals surface area contributed by atoms with Crippen LogP contribution in [0.25, 0.3) is 0 Å². The lowest BCUT2D eigenvalue weighted by molar-refractivity contribution is 0.212. The van der Waals surface area contributed by atoms with Gasteiger partial charge >= 0.3 is 0 Å². The monoisotopic (exact) mass is 252 g/mol. The molecule has 3 N–H and O–H groups in total. The highest BCUT2D eigenvalue weighted by molar-refractivity contribution is 5.33. The van der Waals surface area contributed by atoms with E-state index in [1.54, 1.807) is 0 Å². The normalized spacial score (nSPS) is 13.6. The number of rotatable bonds is 7. The van der Waals surface area contributed by atoms with Crippen molar-refractivity contribution in [2.75, 3.05) is 18.4 Å². The zero-order valence-electron chi connectivity index (χ0n) is 12.2. The first-order chi connectivity index (χ1) is 8.45. The molecule has 1 atom stereocenters. The number of hydrogen-bond donors (Lipinski definition) is 2. The van der Waals surface area contributed by atoms with Crippen LogP contribution in [0.15, 0.2) is 12.3 Å². The van der Waals surface area contributed by atoms with E-state index in [2.05, 4.69) is 31.2 Å². The standard InChI is InChI=1S/C14H28N4/c1-14(2,3)12(7-9-15)6-5-10-16-13-8-11-17-18(13)4/h8,11-12,16H,5-7,9-10,15H2,1-4H3. The molecule has 18 heavy (non-hydrogen) atoms. The molecular weight excluding hydrogens is 224 g/mol. The van der Waals surface area contributed by atoms with Crippen LogP contribution >= 0.6 is 0 Å². The zero-order chi connectivity index (χ0) is 13.6. The number of nitrogens with zero attached hydrogens (tertiary/aromatic N) is 2. The zero-order valence-corrected chi connectivity index (χ0v) is 12.2.